The molecular weight excluding hydrogens is 444 g/mol. The summed E-state index contributed by atoms with van der Waals surface area (Å²) in [7, 11) is 0. The van der Waals surface area contributed by atoms with Gasteiger partial charge in [0.25, 0.3) is 0 Å². The van der Waals surface area contributed by atoms with Crippen LogP contribution in [0.15, 0.2) is 48.5 Å². The third-order valence-corrected chi connectivity index (χ3v) is 7.91. The van der Waals surface area contributed by atoms with E-state index in [1.807, 2.05) is 36.1 Å². The molecule has 2 aromatic rings. The lowest BCUT2D eigenvalue weighted by Gasteiger charge is -2.40. The Morgan fingerprint density at radius 1 is 1.00 bits per heavy atom. The molecule has 1 heterocycles. The number of carboxylic acid groups (broad SMARTS) is 1. The molecule has 5 rings (SSSR count). The number of likely N-dealkylation sites (tertiary alicyclic amines) is 1. The summed E-state index contributed by atoms with van der Waals surface area (Å²) in [5.41, 5.74) is 4.77. The van der Waals surface area contributed by atoms with Crippen LogP contribution in [0.25, 0.3) is 11.1 Å². The van der Waals surface area contributed by atoms with Crippen LogP contribution in [0.2, 0.25) is 0 Å². The van der Waals surface area contributed by atoms with E-state index in [4.69, 9.17) is 4.74 Å². The topological polar surface area (TPSA) is 95.9 Å². The van der Waals surface area contributed by atoms with Crippen LogP contribution in [-0.2, 0) is 14.3 Å². The number of ether oxygens (including phenoxy) is 1. The quantitative estimate of drug-likeness (QED) is 0.644. The number of hydrogen-bond donors (Lipinski definition) is 2. The maximum Gasteiger partial charge on any atom is 0.407 e. The van der Waals surface area contributed by atoms with Crippen molar-refractivity contribution in [2.24, 2.45) is 11.8 Å². The minimum atomic E-state index is -0.773. The van der Waals surface area contributed by atoms with Gasteiger partial charge < -0.3 is 20.1 Å². The van der Waals surface area contributed by atoms with Gasteiger partial charge in [-0.1, -0.05) is 48.5 Å². The zero-order valence-corrected chi connectivity index (χ0v) is 20.0. The number of nitrogens with one attached hydrogen (secondary N) is 1. The van der Waals surface area contributed by atoms with Crippen molar-refractivity contribution >= 4 is 18.0 Å². The smallest absolute Gasteiger partial charge is 0.407 e. The van der Waals surface area contributed by atoms with Crippen molar-refractivity contribution in [1.29, 1.82) is 0 Å². The number of amides is 2. The minimum Gasteiger partial charge on any atom is -0.481 e. The number of carbonyl (C=O) groups is 3. The molecule has 2 fully saturated rings. The molecule has 184 valence electrons. The van der Waals surface area contributed by atoms with Gasteiger partial charge in [0, 0.05) is 31.0 Å². The van der Waals surface area contributed by atoms with Gasteiger partial charge in [-0.05, 0) is 60.8 Å². The summed E-state index contributed by atoms with van der Waals surface area (Å²) in [5, 5.41) is 12.2. The van der Waals surface area contributed by atoms with E-state index in [1.54, 1.807) is 0 Å². The number of piperidine rings is 1. The SMILES string of the molecule is CC1CC(C(=O)O)CCN1C(=O)CC1CC(NC(=O)OCC2c3ccccc3-c3ccccc32)C1. The highest BCUT2D eigenvalue weighted by Gasteiger charge is 2.37. The Morgan fingerprint density at radius 2 is 1.63 bits per heavy atom. The number of carbonyl (C=O) groups excluding carboxylic acids is 2. The van der Waals surface area contributed by atoms with Gasteiger partial charge in [0.05, 0.1) is 5.92 Å². The van der Waals surface area contributed by atoms with Crippen molar-refractivity contribution < 1.29 is 24.2 Å². The maximum absolute atomic E-state index is 12.7. The van der Waals surface area contributed by atoms with E-state index in [2.05, 4.69) is 29.6 Å². The molecule has 35 heavy (non-hydrogen) atoms. The summed E-state index contributed by atoms with van der Waals surface area (Å²) in [6.07, 6.45) is 2.59. The van der Waals surface area contributed by atoms with Gasteiger partial charge in [-0.25, -0.2) is 4.79 Å². The normalized spacial score (nSPS) is 25.2. The summed E-state index contributed by atoms with van der Waals surface area (Å²) in [5.74, 6) is -0.766. The zero-order valence-electron chi connectivity index (χ0n) is 20.0. The molecule has 0 aromatic heterocycles. The summed E-state index contributed by atoms with van der Waals surface area (Å²) in [6, 6.07) is 16.5. The van der Waals surface area contributed by atoms with Crippen LogP contribution in [-0.4, -0.2) is 53.2 Å². The molecule has 2 aliphatic carbocycles. The van der Waals surface area contributed by atoms with Crippen LogP contribution in [0.1, 0.15) is 56.1 Å². The lowest BCUT2D eigenvalue weighted by molar-refractivity contribution is -0.148. The highest BCUT2D eigenvalue weighted by molar-refractivity contribution is 5.79. The summed E-state index contributed by atoms with van der Waals surface area (Å²) in [4.78, 5) is 38.3. The van der Waals surface area contributed by atoms with E-state index in [9.17, 15) is 19.5 Å². The summed E-state index contributed by atoms with van der Waals surface area (Å²) < 4.78 is 5.63. The molecule has 2 amide bonds. The maximum atomic E-state index is 12.7. The molecule has 3 aliphatic rings. The van der Waals surface area contributed by atoms with Gasteiger partial charge in [-0.2, -0.15) is 0 Å². The Labute approximate surface area is 205 Å². The van der Waals surface area contributed by atoms with E-state index in [0.717, 1.165) is 12.8 Å². The van der Waals surface area contributed by atoms with Gasteiger partial charge in [0.15, 0.2) is 0 Å². The standard InChI is InChI=1S/C28H32N2O5/c1-17-12-19(27(32)33)10-11-30(17)26(31)15-18-13-20(14-18)29-28(34)35-16-25-23-8-4-2-6-21(23)22-7-3-5-9-24(22)25/h2-9,17-20,25H,10-16H2,1H3,(H,29,34)(H,32,33). The number of carboxylic acids is 1. The van der Waals surface area contributed by atoms with Crippen molar-refractivity contribution in [3.05, 3.63) is 59.7 Å². The van der Waals surface area contributed by atoms with Crippen molar-refractivity contribution in [3.63, 3.8) is 0 Å². The molecule has 1 saturated carbocycles. The Kier molecular flexibility index (Phi) is 6.50. The lowest BCUT2D eigenvalue weighted by atomic mass is 9.77. The molecule has 2 atom stereocenters. The number of hydrogen-bond acceptors (Lipinski definition) is 4. The largest absolute Gasteiger partial charge is 0.481 e. The molecule has 2 unspecified atom stereocenters. The lowest BCUT2D eigenvalue weighted by Crippen LogP contribution is -2.49. The number of fused-ring (bicyclic) bond motifs is 3. The van der Waals surface area contributed by atoms with Crippen molar-refractivity contribution in [1.82, 2.24) is 10.2 Å². The van der Waals surface area contributed by atoms with Gasteiger partial charge in [-0.3, -0.25) is 9.59 Å². The second kappa shape index (κ2) is 9.72. The molecule has 0 spiro atoms. The molecule has 0 radical (unpaired) electrons. The molecule has 7 heteroatoms. The Balaban J connectivity index is 1.06. The second-order valence-electron chi connectivity index (χ2n) is 10.2. The average molecular weight is 477 g/mol. The molecular formula is C28H32N2O5. The third kappa shape index (κ3) is 4.77. The summed E-state index contributed by atoms with van der Waals surface area (Å²) in [6.45, 7) is 2.72. The molecule has 2 aromatic carbocycles. The first-order valence-electron chi connectivity index (χ1n) is 12.5. The van der Waals surface area contributed by atoms with Crippen molar-refractivity contribution in [3.8, 4) is 11.1 Å². The molecule has 0 bridgehead atoms. The number of nitrogens with zero attached hydrogens (tertiary/aromatic N) is 1. The first-order chi connectivity index (χ1) is 16.9. The highest BCUT2D eigenvalue weighted by Crippen LogP contribution is 2.44. The van der Waals surface area contributed by atoms with Crippen LogP contribution in [0.3, 0.4) is 0 Å². The van der Waals surface area contributed by atoms with E-state index in [0.29, 0.717) is 32.4 Å². The van der Waals surface area contributed by atoms with Gasteiger partial charge in [0.1, 0.15) is 6.61 Å². The van der Waals surface area contributed by atoms with Crippen LogP contribution < -0.4 is 5.32 Å². The van der Waals surface area contributed by atoms with Gasteiger partial charge in [0.2, 0.25) is 5.91 Å². The van der Waals surface area contributed by atoms with Gasteiger partial charge >= 0.3 is 12.1 Å². The van der Waals surface area contributed by atoms with Crippen LogP contribution in [0.4, 0.5) is 4.79 Å². The number of alkyl carbamates (subject to hydrolysis) is 1. The molecule has 7 nitrogen and oxygen atoms in total. The zero-order chi connectivity index (χ0) is 24.5. The van der Waals surface area contributed by atoms with E-state index < -0.39 is 12.1 Å². The highest BCUT2D eigenvalue weighted by atomic mass is 16.5. The van der Waals surface area contributed by atoms with Crippen molar-refractivity contribution in [2.75, 3.05) is 13.2 Å². The van der Waals surface area contributed by atoms with E-state index in [1.165, 1.54) is 22.3 Å². The molecule has 2 N–H and O–H groups in total. The minimum absolute atomic E-state index is 0.0265. The third-order valence-electron chi connectivity index (χ3n) is 7.91. The van der Waals surface area contributed by atoms with E-state index >= 15 is 0 Å². The predicted octanol–water partition coefficient (Wildman–Crippen LogP) is 4.41. The number of aliphatic carboxylic acids is 1. The molecule has 1 aliphatic heterocycles. The Hall–Kier alpha value is -3.35. The van der Waals surface area contributed by atoms with Gasteiger partial charge in [-0.15, -0.1) is 0 Å². The number of rotatable bonds is 6. The van der Waals surface area contributed by atoms with Crippen molar-refractivity contribution in [2.45, 2.75) is 57.0 Å². The Morgan fingerprint density at radius 3 is 2.23 bits per heavy atom. The fourth-order valence-corrected chi connectivity index (χ4v) is 5.96. The second-order valence-corrected chi connectivity index (χ2v) is 10.2. The monoisotopic (exact) mass is 476 g/mol. The van der Waals surface area contributed by atoms with E-state index in [-0.39, 0.29) is 35.7 Å². The van der Waals surface area contributed by atoms with Crippen LogP contribution >= 0.6 is 0 Å². The number of benzene rings is 2. The first-order valence-corrected chi connectivity index (χ1v) is 12.5. The van der Waals surface area contributed by atoms with Crippen LogP contribution in [0.5, 0.6) is 0 Å². The Bertz CT molecular complexity index is 1080. The fourth-order valence-electron chi connectivity index (χ4n) is 5.96. The average Bonchev–Trinajstić information content (AvgIpc) is 3.15. The predicted molar refractivity (Wildman–Crippen MR) is 131 cm³/mol. The first kappa shape index (κ1) is 23.4. The van der Waals surface area contributed by atoms with Crippen LogP contribution in [0, 0.1) is 11.8 Å². The summed E-state index contributed by atoms with van der Waals surface area (Å²) >= 11 is 0. The molecule has 1 saturated heterocycles. The fraction of sp³-hybridized carbons (Fsp3) is 0.464.